The highest BCUT2D eigenvalue weighted by atomic mass is 32.2. The quantitative estimate of drug-likeness (QED) is 0.326. The highest BCUT2D eigenvalue weighted by Crippen LogP contribution is 2.40. The number of aromatic nitrogens is 3. The van der Waals surface area contributed by atoms with Crippen molar-refractivity contribution in [1.29, 1.82) is 0 Å². The van der Waals surface area contributed by atoms with Crippen molar-refractivity contribution in [3.63, 3.8) is 0 Å². The van der Waals surface area contributed by atoms with Gasteiger partial charge in [0, 0.05) is 62.6 Å². The van der Waals surface area contributed by atoms with E-state index in [1.54, 1.807) is 30.6 Å². The van der Waals surface area contributed by atoms with Crippen LogP contribution in [0.4, 0.5) is 27.4 Å². The normalized spacial score (nSPS) is 16.9. The first-order valence-electron chi connectivity index (χ1n) is 13.2. The zero-order chi connectivity index (χ0) is 27.7. The predicted octanol–water partition coefficient (Wildman–Crippen LogP) is 3.70. The van der Waals surface area contributed by atoms with Crippen molar-refractivity contribution in [2.75, 3.05) is 67.4 Å². The van der Waals surface area contributed by atoms with Crippen molar-refractivity contribution in [1.82, 2.24) is 19.3 Å². The molecule has 208 valence electrons. The van der Waals surface area contributed by atoms with E-state index in [0.717, 1.165) is 18.8 Å². The molecule has 0 atom stereocenters. The summed E-state index contributed by atoms with van der Waals surface area (Å²) in [5.41, 5.74) is 2.88. The molecule has 10 nitrogen and oxygen atoms in total. The van der Waals surface area contributed by atoms with E-state index in [-0.39, 0.29) is 18.0 Å². The van der Waals surface area contributed by atoms with Gasteiger partial charge in [-0.15, -0.1) is 0 Å². The summed E-state index contributed by atoms with van der Waals surface area (Å²) in [4.78, 5) is 17.5. The number of hydrogen-bond acceptors (Lipinski definition) is 9. The van der Waals surface area contributed by atoms with Crippen LogP contribution in [0.1, 0.15) is 5.56 Å². The second-order valence-corrected chi connectivity index (χ2v) is 11.7. The van der Waals surface area contributed by atoms with Crippen LogP contribution < -0.4 is 14.9 Å². The van der Waals surface area contributed by atoms with Crippen LogP contribution in [-0.2, 0) is 14.8 Å². The van der Waals surface area contributed by atoms with Gasteiger partial charge in [-0.05, 0) is 31.2 Å². The second kappa shape index (κ2) is 11.0. The minimum Gasteiger partial charge on any atom is -0.378 e. The Kier molecular flexibility index (Phi) is 7.22. The highest BCUT2D eigenvalue weighted by molar-refractivity contribution is 7.89. The predicted molar refractivity (Wildman–Crippen MR) is 152 cm³/mol. The lowest BCUT2D eigenvalue weighted by Gasteiger charge is -2.36. The van der Waals surface area contributed by atoms with Gasteiger partial charge in [0.15, 0.2) is 0 Å². The number of piperazine rings is 1. The maximum absolute atomic E-state index is 16.4. The molecule has 0 unspecified atom stereocenters. The standard InChI is InChI=1S/C28H30FN7O3S/c1-21-27(36(29)23-17-22(18-31-19-23)33-13-15-39-16-14-33)25-6-2-3-7-26(25)32-28(21)34-9-11-35(12-10-34)40(37,38)24-5-4-8-30-20-24/h2-8,17-20H,9-16H2,1H3. The topological polar surface area (TPSA) is 95.0 Å². The van der Waals surface area contributed by atoms with Crippen molar-refractivity contribution in [2.45, 2.75) is 11.8 Å². The van der Waals surface area contributed by atoms with Gasteiger partial charge in [0.1, 0.15) is 10.7 Å². The molecule has 0 amide bonds. The Bertz CT molecular complexity index is 1610. The summed E-state index contributed by atoms with van der Waals surface area (Å²) in [5, 5.41) is 1.36. The number of nitrogens with zero attached hydrogens (tertiary/aromatic N) is 7. The Hall–Kier alpha value is -3.87. The molecule has 40 heavy (non-hydrogen) atoms. The zero-order valence-corrected chi connectivity index (χ0v) is 23.0. The van der Waals surface area contributed by atoms with Gasteiger partial charge in [-0.25, -0.2) is 13.4 Å². The molecule has 2 saturated heterocycles. The molecular weight excluding hydrogens is 533 g/mol. The van der Waals surface area contributed by atoms with Crippen molar-refractivity contribution in [3.05, 3.63) is 72.8 Å². The highest BCUT2D eigenvalue weighted by Gasteiger charge is 2.31. The molecular formula is C28H30FN7O3S. The lowest BCUT2D eigenvalue weighted by atomic mass is 10.1. The van der Waals surface area contributed by atoms with Gasteiger partial charge in [0.2, 0.25) is 10.0 Å². The molecule has 2 aliphatic rings. The van der Waals surface area contributed by atoms with Crippen LogP contribution in [0.25, 0.3) is 10.9 Å². The van der Waals surface area contributed by atoms with Crippen LogP contribution in [0.3, 0.4) is 0 Å². The van der Waals surface area contributed by atoms with Crippen LogP contribution in [0.15, 0.2) is 72.1 Å². The number of hydrogen-bond donors (Lipinski definition) is 0. The molecule has 0 aliphatic carbocycles. The SMILES string of the molecule is Cc1c(N2CCN(S(=O)(=O)c3cccnc3)CC2)nc2ccccc2c1N(F)c1cncc(N2CCOCC2)c1. The van der Waals surface area contributed by atoms with E-state index < -0.39 is 10.0 Å². The molecule has 4 aromatic rings. The zero-order valence-electron chi connectivity index (χ0n) is 22.1. The monoisotopic (exact) mass is 563 g/mol. The minimum absolute atomic E-state index is 0.173. The number of sulfonamides is 1. The summed E-state index contributed by atoms with van der Waals surface area (Å²) < 4.78 is 49.5. The number of para-hydroxylation sites is 1. The summed E-state index contributed by atoms with van der Waals surface area (Å²) in [6.45, 7) is 5.96. The number of rotatable bonds is 6. The van der Waals surface area contributed by atoms with Crippen molar-refractivity contribution < 1.29 is 17.6 Å². The number of ether oxygens (including phenoxy) is 1. The fourth-order valence-electron chi connectivity index (χ4n) is 5.27. The van der Waals surface area contributed by atoms with Gasteiger partial charge in [0.05, 0.1) is 48.2 Å². The van der Waals surface area contributed by atoms with E-state index in [2.05, 4.69) is 14.9 Å². The van der Waals surface area contributed by atoms with Crippen LogP contribution in [0, 0.1) is 6.92 Å². The summed E-state index contributed by atoms with van der Waals surface area (Å²) in [6.07, 6.45) is 6.17. The third-order valence-electron chi connectivity index (χ3n) is 7.40. The number of fused-ring (bicyclic) bond motifs is 1. The third kappa shape index (κ3) is 4.93. The first-order chi connectivity index (χ1) is 19.4. The number of halogens is 1. The van der Waals surface area contributed by atoms with E-state index in [1.165, 1.54) is 16.7 Å². The fourth-order valence-corrected chi connectivity index (χ4v) is 6.66. The maximum Gasteiger partial charge on any atom is 0.244 e. The molecule has 5 heterocycles. The van der Waals surface area contributed by atoms with Gasteiger partial charge in [-0.3, -0.25) is 9.97 Å². The molecule has 2 fully saturated rings. The van der Waals surface area contributed by atoms with Gasteiger partial charge in [0.25, 0.3) is 0 Å². The van der Waals surface area contributed by atoms with Crippen LogP contribution in [0.2, 0.25) is 0 Å². The van der Waals surface area contributed by atoms with Gasteiger partial charge in [-0.1, -0.05) is 22.7 Å². The average Bonchev–Trinajstić information content (AvgIpc) is 3.01. The molecule has 12 heteroatoms. The second-order valence-electron chi connectivity index (χ2n) is 9.79. The Morgan fingerprint density at radius 3 is 2.42 bits per heavy atom. The number of benzene rings is 1. The summed E-state index contributed by atoms with van der Waals surface area (Å²) in [5.74, 6) is 0.632. The van der Waals surface area contributed by atoms with Gasteiger partial charge < -0.3 is 14.5 Å². The molecule has 0 radical (unpaired) electrons. The molecule has 0 bridgehead atoms. The first kappa shape index (κ1) is 26.4. The number of pyridine rings is 3. The van der Waals surface area contributed by atoms with Crippen LogP contribution in [-0.4, -0.2) is 80.2 Å². The smallest absolute Gasteiger partial charge is 0.244 e. The molecule has 1 aromatic carbocycles. The Morgan fingerprint density at radius 2 is 1.68 bits per heavy atom. The molecule has 3 aromatic heterocycles. The molecule has 2 aliphatic heterocycles. The summed E-state index contributed by atoms with van der Waals surface area (Å²) in [6, 6.07) is 12.4. The van der Waals surface area contributed by atoms with Gasteiger partial charge >= 0.3 is 0 Å². The molecule has 6 rings (SSSR count). The van der Waals surface area contributed by atoms with E-state index in [0.29, 0.717) is 65.1 Å². The first-order valence-corrected chi connectivity index (χ1v) is 14.7. The van der Waals surface area contributed by atoms with Crippen LogP contribution in [0.5, 0.6) is 0 Å². The Labute approximate surface area is 232 Å². The number of morpholine rings is 1. The third-order valence-corrected chi connectivity index (χ3v) is 9.28. The van der Waals surface area contributed by atoms with E-state index in [1.807, 2.05) is 36.1 Å². The molecule has 0 N–H and O–H groups in total. The number of anilines is 4. The Balaban J connectivity index is 1.31. The van der Waals surface area contributed by atoms with E-state index >= 15 is 4.48 Å². The minimum atomic E-state index is -3.65. The lowest BCUT2D eigenvalue weighted by Crippen LogP contribution is -2.49. The largest absolute Gasteiger partial charge is 0.378 e. The molecule has 0 spiro atoms. The summed E-state index contributed by atoms with van der Waals surface area (Å²) >= 11 is 0. The summed E-state index contributed by atoms with van der Waals surface area (Å²) in [7, 11) is -3.65. The van der Waals surface area contributed by atoms with Crippen molar-refractivity contribution in [2.24, 2.45) is 0 Å². The average molecular weight is 564 g/mol. The van der Waals surface area contributed by atoms with Gasteiger partial charge in [-0.2, -0.15) is 9.43 Å². The van der Waals surface area contributed by atoms with Crippen molar-refractivity contribution in [3.8, 4) is 0 Å². The van der Waals surface area contributed by atoms with E-state index in [9.17, 15) is 8.42 Å². The fraction of sp³-hybridized carbons (Fsp3) is 0.321. The van der Waals surface area contributed by atoms with Crippen molar-refractivity contribution >= 4 is 43.8 Å². The lowest BCUT2D eigenvalue weighted by molar-refractivity contribution is 0.122. The maximum atomic E-state index is 16.4. The molecule has 0 saturated carbocycles. The van der Waals surface area contributed by atoms with E-state index in [4.69, 9.17) is 9.72 Å². The Morgan fingerprint density at radius 1 is 0.900 bits per heavy atom. The van der Waals surface area contributed by atoms with Crippen LogP contribution >= 0.6 is 0 Å².